The Kier molecular flexibility index (Phi) is 7.52. The molecule has 172 valence electrons. The fourth-order valence-electron chi connectivity index (χ4n) is 3.47. The number of amides is 1. The van der Waals surface area contributed by atoms with E-state index in [9.17, 15) is 18.0 Å². The molecule has 1 heterocycles. The molecule has 0 atom stereocenters. The van der Waals surface area contributed by atoms with E-state index in [4.69, 9.17) is 9.47 Å². The number of carbonyl (C=O) groups excluding carboxylic acids is 2. The summed E-state index contributed by atoms with van der Waals surface area (Å²) in [5.41, 5.74) is 2.54. The van der Waals surface area contributed by atoms with E-state index < -0.39 is 28.5 Å². The molecule has 1 saturated heterocycles. The Labute approximate surface area is 188 Å². The molecule has 1 fully saturated rings. The summed E-state index contributed by atoms with van der Waals surface area (Å²) in [5.74, 6) is -0.916. The summed E-state index contributed by atoms with van der Waals surface area (Å²) >= 11 is 0. The molecule has 0 saturated carbocycles. The maximum Gasteiger partial charge on any atom is 0.338 e. The van der Waals surface area contributed by atoms with Crippen LogP contribution in [0.15, 0.2) is 41.3 Å². The Morgan fingerprint density at radius 3 is 2.38 bits per heavy atom. The first-order valence-corrected chi connectivity index (χ1v) is 11.9. The summed E-state index contributed by atoms with van der Waals surface area (Å²) in [6, 6.07) is 9.47. The Balaban J connectivity index is 1.70. The van der Waals surface area contributed by atoms with Gasteiger partial charge in [-0.2, -0.15) is 4.31 Å². The highest BCUT2D eigenvalue weighted by Gasteiger charge is 2.27. The first kappa shape index (κ1) is 23.7. The average Bonchev–Trinajstić information content (AvgIpc) is 2.79. The van der Waals surface area contributed by atoms with Crippen molar-refractivity contribution in [3.05, 3.63) is 53.1 Å². The highest BCUT2D eigenvalue weighted by Crippen LogP contribution is 2.30. The molecular formula is C23H28N2O6S. The molecule has 8 nitrogen and oxygen atoms in total. The lowest BCUT2D eigenvalue weighted by atomic mass is 10.1. The van der Waals surface area contributed by atoms with Gasteiger partial charge in [0.2, 0.25) is 10.0 Å². The van der Waals surface area contributed by atoms with E-state index in [0.29, 0.717) is 24.4 Å². The van der Waals surface area contributed by atoms with Crippen LogP contribution in [0, 0.1) is 13.8 Å². The van der Waals surface area contributed by atoms with Crippen LogP contribution < -0.4 is 10.1 Å². The van der Waals surface area contributed by atoms with Crippen molar-refractivity contribution >= 4 is 27.6 Å². The standard InChI is InChI=1S/C23H28N2O6S/c1-16-7-8-18(13-17(16)2)23(27)31-15-22(26)24-20-14-19(9-10-21(20)30-3)32(28,29)25-11-5-4-6-12-25/h7-10,13-14H,4-6,11-12,15H2,1-3H3,(H,24,26). The van der Waals surface area contributed by atoms with Gasteiger partial charge in [0.15, 0.2) is 6.61 Å². The van der Waals surface area contributed by atoms with Gasteiger partial charge in [-0.05, 0) is 68.1 Å². The van der Waals surface area contributed by atoms with Crippen LogP contribution >= 0.6 is 0 Å². The van der Waals surface area contributed by atoms with Crippen LogP contribution in [-0.4, -0.2) is 51.4 Å². The Morgan fingerprint density at radius 1 is 1.00 bits per heavy atom. The quantitative estimate of drug-likeness (QED) is 0.636. The van der Waals surface area contributed by atoms with Gasteiger partial charge in [0.05, 0.1) is 23.3 Å². The molecule has 2 aromatic rings. The monoisotopic (exact) mass is 460 g/mol. The normalized spacial score (nSPS) is 14.6. The van der Waals surface area contributed by atoms with Crippen LogP contribution in [0.4, 0.5) is 5.69 Å². The summed E-state index contributed by atoms with van der Waals surface area (Å²) in [7, 11) is -2.25. The molecule has 0 bridgehead atoms. The SMILES string of the molecule is COc1ccc(S(=O)(=O)N2CCCCC2)cc1NC(=O)COC(=O)c1ccc(C)c(C)c1. The minimum absolute atomic E-state index is 0.0719. The zero-order chi connectivity index (χ0) is 23.3. The van der Waals surface area contributed by atoms with Gasteiger partial charge in [0.25, 0.3) is 5.91 Å². The topological polar surface area (TPSA) is 102 Å². The molecule has 1 aliphatic heterocycles. The highest BCUT2D eigenvalue weighted by molar-refractivity contribution is 7.89. The Morgan fingerprint density at radius 2 is 1.72 bits per heavy atom. The number of hydrogen-bond donors (Lipinski definition) is 1. The van der Waals surface area contributed by atoms with Crippen LogP contribution in [-0.2, 0) is 19.6 Å². The smallest absolute Gasteiger partial charge is 0.338 e. The predicted molar refractivity (Wildman–Crippen MR) is 120 cm³/mol. The lowest BCUT2D eigenvalue weighted by Gasteiger charge is -2.26. The molecule has 9 heteroatoms. The molecule has 1 N–H and O–H groups in total. The van der Waals surface area contributed by atoms with E-state index in [-0.39, 0.29) is 10.6 Å². The van der Waals surface area contributed by atoms with Crippen molar-refractivity contribution in [1.29, 1.82) is 0 Å². The molecule has 1 aliphatic rings. The third-order valence-electron chi connectivity index (χ3n) is 5.47. The number of benzene rings is 2. The maximum absolute atomic E-state index is 13.0. The van der Waals surface area contributed by atoms with E-state index in [1.54, 1.807) is 12.1 Å². The van der Waals surface area contributed by atoms with Gasteiger partial charge < -0.3 is 14.8 Å². The van der Waals surface area contributed by atoms with Crippen LogP contribution in [0.1, 0.15) is 40.7 Å². The van der Waals surface area contributed by atoms with Crippen molar-refractivity contribution in [3.63, 3.8) is 0 Å². The molecular weight excluding hydrogens is 432 g/mol. The van der Waals surface area contributed by atoms with Crippen molar-refractivity contribution in [2.24, 2.45) is 0 Å². The molecule has 2 aromatic carbocycles. The molecule has 0 spiro atoms. The Bertz CT molecular complexity index is 1110. The molecule has 0 aliphatic carbocycles. The van der Waals surface area contributed by atoms with E-state index in [1.807, 2.05) is 19.9 Å². The number of rotatable bonds is 7. The molecule has 0 aromatic heterocycles. The average molecular weight is 461 g/mol. The van der Waals surface area contributed by atoms with E-state index in [0.717, 1.165) is 30.4 Å². The first-order chi connectivity index (χ1) is 15.2. The van der Waals surface area contributed by atoms with Crippen molar-refractivity contribution in [3.8, 4) is 5.75 Å². The second kappa shape index (κ2) is 10.1. The molecule has 0 unspecified atom stereocenters. The summed E-state index contributed by atoms with van der Waals surface area (Å²) in [6.45, 7) is 4.26. The lowest BCUT2D eigenvalue weighted by Crippen LogP contribution is -2.35. The first-order valence-electron chi connectivity index (χ1n) is 10.4. The minimum atomic E-state index is -3.67. The number of piperidine rings is 1. The number of hydrogen-bond acceptors (Lipinski definition) is 6. The van der Waals surface area contributed by atoms with E-state index in [2.05, 4.69) is 5.32 Å². The van der Waals surface area contributed by atoms with Gasteiger partial charge in [-0.15, -0.1) is 0 Å². The number of methoxy groups -OCH3 is 1. The molecule has 1 amide bonds. The third kappa shape index (κ3) is 5.46. The van der Waals surface area contributed by atoms with Crippen molar-refractivity contribution in [1.82, 2.24) is 4.31 Å². The van der Waals surface area contributed by atoms with Gasteiger partial charge in [-0.25, -0.2) is 13.2 Å². The van der Waals surface area contributed by atoms with Crippen molar-refractivity contribution < 1.29 is 27.5 Å². The summed E-state index contributed by atoms with van der Waals surface area (Å²) in [6.07, 6.45) is 2.66. The van der Waals surface area contributed by atoms with Gasteiger partial charge >= 0.3 is 5.97 Å². The minimum Gasteiger partial charge on any atom is -0.495 e. The highest BCUT2D eigenvalue weighted by atomic mass is 32.2. The second-order valence-corrected chi connectivity index (χ2v) is 9.69. The van der Waals surface area contributed by atoms with Crippen LogP contribution in [0.25, 0.3) is 0 Å². The van der Waals surface area contributed by atoms with Gasteiger partial charge in [-0.1, -0.05) is 12.5 Å². The van der Waals surface area contributed by atoms with Gasteiger partial charge in [0.1, 0.15) is 5.75 Å². The Hall–Kier alpha value is -2.91. The zero-order valence-electron chi connectivity index (χ0n) is 18.5. The number of esters is 1. The molecule has 3 rings (SSSR count). The maximum atomic E-state index is 13.0. The fraction of sp³-hybridized carbons (Fsp3) is 0.391. The summed E-state index contributed by atoms with van der Waals surface area (Å²) < 4.78 is 37.7. The number of ether oxygens (including phenoxy) is 2. The summed E-state index contributed by atoms with van der Waals surface area (Å²) in [5, 5.41) is 2.58. The largest absolute Gasteiger partial charge is 0.495 e. The third-order valence-corrected chi connectivity index (χ3v) is 7.37. The fourth-order valence-corrected chi connectivity index (χ4v) is 5.01. The number of nitrogens with zero attached hydrogens (tertiary/aromatic N) is 1. The van der Waals surface area contributed by atoms with E-state index >= 15 is 0 Å². The van der Waals surface area contributed by atoms with Crippen LogP contribution in [0.2, 0.25) is 0 Å². The van der Waals surface area contributed by atoms with Crippen molar-refractivity contribution in [2.45, 2.75) is 38.0 Å². The zero-order valence-corrected chi connectivity index (χ0v) is 19.3. The van der Waals surface area contributed by atoms with Crippen molar-refractivity contribution in [2.75, 3.05) is 32.1 Å². The lowest BCUT2D eigenvalue weighted by molar-refractivity contribution is -0.119. The molecule has 32 heavy (non-hydrogen) atoms. The number of carbonyl (C=O) groups is 2. The molecule has 0 radical (unpaired) electrons. The van der Waals surface area contributed by atoms with Crippen LogP contribution in [0.3, 0.4) is 0 Å². The number of aryl methyl sites for hydroxylation is 2. The summed E-state index contributed by atoms with van der Waals surface area (Å²) in [4.78, 5) is 24.7. The predicted octanol–water partition coefficient (Wildman–Crippen LogP) is 3.28. The van der Waals surface area contributed by atoms with Crippen LogP contribution in [0.5, 0.6) is 5.75 Å². The number of anilines is 1. The van der Waals surface area contributed by atoms with Gasteiger partial charge in [-0.3, -0.25) is 4.79 Å². The van der Waals surface area contributed by atoms with E-state index in [1.165, 1.54) is 29.6 Å². The second-order valence-electron chi connectivity index (χ2n) is 7.75. The number of sulfonamides is 1. The number of nitrogens with one attached hydrogen (secondary N) is 1. The van der Waals surface area contributed by atoms with Gasteiger partial charge in [0, 0.05) is 13.1 Å².